The van der Waals surface area contributed by atoms with E-state index in [1.165, 1.54) is 6.26 Å². The number of aliphatic carboxylic acids is 1. The average molecular weight is 269 g/mol. The minimum absolute atomic E-state index is 0.114. The quantitative estimate of drug-likeness (QED) is 0.796. The number of carbonyl (C=O) groups excluding carboxylic acids is 1. The molecule has 0 radical (unpaired) electrons. The molecule has 0 unspecified atom stereocenters. The van der Waals surface area contributed by atoms with E-state index < -0.39 is 17.3 Å². The Balaban J connectivity index is 1.93. The van der Waals surface area contributed by atoms with Crippen LogP contribution in [0.3, 0.4) is 0 Å². The second kappa shape index (κ2) is 5.95. The van der Waals surface area contributed by atoms with Gasteiger partial charge in [0.05, 0.1) is 5.41 Å². The maximum absolute atomic E-state index is 11.8. The highest BCUT2D eigenvalue weighted by Crippen LogP contribution is 2.36. The third kappa shape index (κ3) is 3.19. The Hall–Kier alpha value is -1.72. The van der Waals surface area contributed by atoms with Crippen molar-refractivity contribution < 1.29 is 24.2 Å². The normalized spacial score (nSPS) is 21.6. The maximum atomic E-state index is 11.8. The highest BCUT2D eigenvalue weighted by atomic mass is 16.6. The molecule has 0 spiro atoms. The molecule has 1 heterocycles. The summed E-state index contributed by atoms with van der Waals surface area (Å²) in [5.41, 5.74) is -0.829. The van der Waals surface area contributed by atoms with Crippen molar-refractivity contribution in [1.29, 1.82) is 0 Å². The fourth-order valence-electron chi connectivity index (χ4n) is 2.52. The predicted molar refractivity (Wildman–Crippen MR) is 66.2 cm³/mol. The number of rotatable bonds is 4. The van der Waals surface area contributed by atoms with Gasteiger partial charge in [0.2, 0.25) is 5.76 Å². The van der Waals surface area contributed by atoms with E-state index in [0.29, 0.717) is 26.1 Å². The van der Waals surface area contributed by atoms with E-state index >= 15 is 0 Å². The van der Waals surface area contributed by atoms with Crippen molar-refractivity contribution in [2.24, 2.45) is 5.41 Å². The number of hydrogen-bond acceptors (Lipinski definition) is 4. The molecule has 6 heteroatoms. The molecule has 106 valence electrons. The van der Waals surface area contributed by atoms with Gasteiger partial charge in [-0.2, -0.15) is 0 Å². The summed E-state index contributed by atoms with van der Waals surface area (Å²) in [5.74, 6) is -1.13. The third-order valence-corrected chi connectivity index (χ3v) is 3.72. The Kier molecular flexibility index (Phi) is 4.29. The number of carboxylic acid groups (broad SMARTS) is 1. The zero-order chi connectivity index (χ0) is 13.7. The first-order valence-electron chi connectivity index (χ1n) is 6.60. The molecule has 0 aromatic rings. The summed E-state index contributed by atoms with van der Waals surface area (Å²) in [4.78, 5) is 23.3. The molecule has 2 aliphatic rings. The first-order valence-corrected chi connectivity index (χ1v) is 6.60. The largest absolute Gasteiger partial charge is 0.494 e. The summed E-state index contributed by atoms with van der Waals surface area (Å²) in [6, 6.07) is 0. The summed E-state index contributed by atoms with van der Waals surface area (Å²) in [5, 5.41) is 12.0. The Morgan fingerprint density at radius 1 is 1.26 bits per heavy atom. The van der Waals surface area contributed by atoms with Crippen molar-refractivity contribution in [1.82, 2.24) is 5.32 Å². The standard InChI is InChI=1S/C13H19NO5/c15-11(10-8-18-6-7-19-10)14-9-13(12(16)17)4-2-1-3-5-13/h8H,1-7,9H2,(H,14,15)(H,16,17). The molecule has 0 atom stereocenters. The van der Waals surface area contributed by atoms with Crippen molar-refractivity contribution in [3.8, 4) is 0 Å². The van der Waals surface area contributed by atoms with E-state index in [1.807, 2.05) is 0 Å². The molecule has 2 rings (SSSR count). The lowest BCUT2D eigenvalue weighted by molar-refractivity contribution is -0.151. The van der Waals surface area contributed by atoms with Gasteiger partial charge < -0.3 is 19.9 Å². The van der Waals surface area contributed by atoms with Crippen LogP contribution in [0.4, 0.5) is 0 Å². The van der Waals surface area contributed by atoms with Gasteiger partial charge in [0, 0.05) is 6.54 Å². The molecule has 0 bridgehead atoms. The van der Waals surface area contributed by atoms with Crippen molar-refractivity contribution in [3.63, 3.8) is 0 Å². The molecule has 1 saturated carbocycles. The summed E-state index contributed by atoms with van der Waals surface area (Å²) < 4.78 is 10.2. The monoisotopic (exact) mass is 269 g/mol. The van der Waals surface area contributed by atoms with Gasteiger partial charge in [0.1, 0.15) is 19.5 Å². The van der Waals surface area contributed by atoms with Crippen LogP contribution in [-0.2, 0) is 19.1 Å². The lowest BCUT2D eigenvalue weighted by Gasteiger charge is -2.33. The average Bonchev–Trinajstić information content (AvgIpc) is 2.46. The van der Waals surface area contributed by atoms with E-state index in [9.17, 15) is 14.7 Å². The minimum Gasteiger partial charge on any atom is -0.494 e. The summed E-state index contributed by atoms with van der Waals surface area (Å²) in [7, 11) is 0. The van der Waals surface area contributed by atoms with Crippen LogP contribution in [0.25, 0.3) is 0 Å². The molecule has 1 amide bonds. The molecule has 0 saturated heterocycles. The predicted octanol–water partition coefficient (Wildman–Crippen LogP) is 1.03. The molecular weight excluding hydrogens is 250 g/mol. The van der Waals surface area contributed by atoms with Gasteiger partial charge in [0.25, 0.3) is 5.91 Å². The Labute approximate surface area is 111 Å². The Morgan fingerprint density at radius 2 is 2.00 bits per heavy atom. The van der Waals surface area contributed by atoms with Gasteiger partial charge in [-0.1, -0.05) is 19.3 Å². The first kappa shape index (κ1) is 13.7. The number of carboxylic acids is 1. The van der Waals surface area contributed by atoms with E-state index in [4.69, 9.17) is 9.47 Å². The highest BCUT2D eigenvalue weighted by Gasteiger charge is 2.40. The Morgan fingerprint density at radius 3 is 2.58 bits per heavy atom. The van der Waals surface area contributed by atoms with Crippen LogP contribution in [0, 0.1) is 5.41 Å². The Bertz CT molecular complexity index is 384. The minimum atomic E-state index is -0.831. The number of nitrogens with one attached hydrogen (secondary N) is 1. The molecule has 0 aromatic heterocycles. The van der Waals surface area contributed by atoms with Crippen LogP contribution in [0.5, 0.6) is 0 Å². The molecular formula is C13H19NO5. The maximum Gasteiger partial charge on any atom is 0.311 e. The highest BCUT2D eigenvalue weighted by molar-refractivity contribution is 5.91. The van der Waals surface area contributed by atoms with Crippen LogP contribution < -0.4 is 5.32 Å². The molecule has 6 nitrogen and oxygen atoms in total. The number of ether oxygens (including phenoxy) is 2. The molecule has 1 fully saturated rings. The van der Waals surface area contributed by atoms with Gasteiger partial charge in [-0.25, -0.2) is 0 Å². The number of carbonyl (C=O) groups is 2. The summed E-state index contributed by atoms with van der Waals surface area (Å²) in [6.07, 6.45) is 5.34. The van der Waals surface area contributed by atoms with E-state index in [2.05, 4.69) is 5.32 Å². The van der Waals surface area contributed by atoms with Crippen LogP contribution in [0.2, 0.25) is 0 Å². The second-order valence-electron chi connectivity index (χ2n) is 5.03. The van der Waals surface area contributed by atoms with E-state index in [0.717, 1.165) is 19.3 Å². The smallest absolute Gasteiger partial charge is 0.311 e. The van der Waals surface area contributed by atoms with Gasteiger partial charge in [-0.05, 0) is 12.8 Å². The van der Waals surface area contributed by atoms with E-state index in [1.54, 1.807) is 0 Å². The lowest BCUT2D eigenvalue weighted by atomic mass is 9.74. The van der Waals surface area contributed by atoms with Crippen molar-refractivity contribution in [2.45, 2.75) is 32.1 Å². The van der Waals surface area contributed by atoms with Gasteiger partial charge in [0.15, 0.2) is 0 Å². The lowest BCUT2D eigenvalue weighted by Crippen LogP contribution is -2.45. The third-order valence-electron chi connectivity index (χ3n) is 3.72. The summed E-state index contributed by atoms with van der Waals surface area (Å²) >= 11 is 0. The van der Waals surface area contributed by atoms with Gasteiger partial charge in [-0.15, -0.1) is 0 Å². The van der Waals surface area contributed by atoms with Crippen molar-refractivity contribution in [2.75, 3.05) is 19.8 Å². The number of amides is 1. The van der Waals surface area contributed by atoms with Crippen LogP contribution in [0.15, 0.2) is 12.0 Å². The fourth-order valence-corrected chi connectivity index (χ4v) is 2.52. The van der Waals surface area contributed by atoms with Gasteiger partial charge >= 0.3 is 5.97 Å². The SMILES string of the molecule is O=C(NCC1(C(=O)O)CCCCC1)C1=COCCO1. The van der Waals surface area contributed by atoms with Crippen LogP contribution in [-0.4, -0.2) is 36.7 Å². The molecule has 1 aliphatic heterocycles. The zero-order valence-corrected chi connectivity index (χ0v) is 10.8. The fraction of sp³-hybridized carbons (Fsp3) is 0.692. The molecule has 0 aromatic carbocycles. The second-order valence-corrected chi connectivity index (χ2v) is 5.03. The van der Waals surface area contributed by atoms with Crippen LogP contribution in [0.1, 0.15) is 32.1 Å². The van der Waals surface area contributed by atoms with E-state index in [-0.39, 0.29) is 12.3 Å². The van der Waals surface area contributed by atoms with Crippen LogP contribution >= 0.6 is 0 Å². The zero-order valence-electron chi connectivity index (χ0n) is 10.8. The van der Waals surface area contributed by atoms with Crippen molar-refractivity contribution >= 4 is 11.9 Å². The number of hydrogen-bond donors (Lipinski definition) is 2. The topological polar surface area (TPSA) is 84.9 Å². The van der Waals surface area contributed by atoms with Gasteiger partial charge in [-0.3, -0.25) is 9.59 Å². The summed E-state index contributed by atoms with van der Waals surface area (Å²) in [6.45, 7) is 0.904. The molecule has 19 heavy (non-hydrogen) atoms. The molecule has 2 N–H and O–H groups in total. The van der Waals surface area contributed by atoms with Crippen molar-refractivity contribution in [3.05, 3.63) is 12.0 Å². The molecule has 1 aliphatic carbocycles. The first-order chi connectivity index (χ1) is 9.14.